The summed E-state index contributed by atoms with van der Waals surface area (Å²) in [5, 5.41) is 9.38. The predicted octanol–water partition coefficient (Wildman–Crippen LogP) is 2.72. The number of phenols is 1. The molecule has 0 bridgehead atoms. The molecule has 0 aliphatic heterocycles. The molecule has 0 heterocycles. The lowest BCUT2D eigenvalue weighted by Crippen LogP contribution is -2.04. The molecule has 0 amide bonds. The van der Waals surface area contributed by atoms with Gasteiger partial charge in [0.2, 0.25) is 0 Å². The summed E-state index contributed by atoms with van der Waals surface area (Å²) in [5.41, 5.74) is -1.09. The van der Waals surface area contributed by atoms with E-state index in [0.717, 1.165) is 18.2 Å². The van der Waals surface area contributed by atoms with Gasteiger partial charge in [0.1, 0.15) is 12.2 Å². The van der Waals surface area contributed by atoms with E-state index in [1.165, 1.54) is 0 Å². The average molecular weight is 272 g/mol. The summed E-state index contributed by atoms with van der Waals surface area (Å²) in [4.78, 5) is 11.0. The van der Waals surface area contributed by atoms with Crippen molar-refractivity contribution in [2.45, 2.75) is 19.5 Å². The molecule has 0 aliphatic carbocycles. The Kier molecular flexibility index (Phi) is 4.81. The van der Waals surface area contributed by atoms with Gasteiger partial charge in [-0.05, 0) is 25.1 Å². The third-order valence-electron chi connectivity index (χ3n) is 2.08. The van der Waals surface area contributed by atoms with Crippen molar-refractivity contribution in [3.63, 3.8) is 0 Å². The fourth-order valence-corrected chi connectivity index (χ4v) is 1.24. The zero-order valence-corrected chi connectivity index (χ0v) is 10.0. The lowest BCUT2D eigenvalue weighted by Gasteiger charge is -2.07. The van der Waals surface area contributed by atoms with Crippen molar-refractivity contribution in [2.24, 2.45) is 0 Å². The molecule has 1 aromatic carbocycles. The summed E-state index contributed by atoms with van der Waals surface area (Å²) < 4.78 is 41.9. The van der Waals surface area contributed by atoms with Crippen LogP contribution in [0.2, 0.25) is 0 Å². The minimum absolute atomic E-state index is 0.181. The number of halogens is 3. The number of benzene rings is 1. The molecular weight excluding hydrogens is 261 g/mol. The normalized spacial score (nSPS) is 10.5. The molecule has 0 atom stereocenters. The second kappa shape index (κ2) is 6.14. The van der Waals surface area contributed by atoms with E-state index in [1.807, 2.05) is 0 Å². The van der Waals surface area contributed by atoms with Crippen LogP contribution >= 0.6 is 0 Å². The molecule has 0 aliphatic rings. The van der Waals surface area contributed by atoms with Crippen molar-refractivity contribution < 1.29 is 27.8 Å². The van der Waals surface area contributed by atoms with Gasteiger partial charge in [0, 0.05) is 0 Å². The summed E-state index contributed by atoms with van der Waals surface area (Å²) in [5.74, 6) is 3.73. The maximum Gasteiger partial charge on any atom is 0.416 e. The van der Waals surface area contributed by atoms with Crippen LogP contribution in [0.15, 0.2) is 18.2 Å². The fraction of sp³-hybridized carbons (Fsp3) is 0.308. The number of carbonyl (C=O) groups is 1. The standard InChI is InChI=1S/C13H11F3O3/c1-2-19-12(18)5-3-4-9-8-10(13(14,15)16)6-7-11(9)17/h6-8,17H,2,5H2,1H3. The number of carbonyl (C=O) groups excluding carboxylic acids is 1. The topological polar surface area (TPSA) is 46.5 Å². The molecule has 0 fully saturated rings. The van der Waals surface area contributed by atoms with Gasteiger partial charge in [-0.3, -0.25) is 4.79 Å². The number of esters is 1. The highest BCUT2D eigenvalue weighted by atomic mass is 19.4. The van der Waals surface area contributed by atoms with Crippen LogP contribution in [0.5, 0.6) is 5.75 Å². The molecule has 1 aromatic rings. The molecule has 6 heteroatoms. The second-order valence-corrected chi connectivity index (χ2v) is 3.51. The number of ether oxygens (including phenoxy) is 1. The smallest absolute Gasteiger partial charge is 0.416 e. The molecule has 0 unspecified atom stereocenters. The molecule has 0 saturated carbocycles. The number of rotatable bonds is 2. The molecule has 0 spiro atoms. The Balaban J connectivity index is 2.89. The fourth-order valence-electron chi connectivity index (χ4n) is 1.24. The Labute approximate surface area is 108 Å². The van der Waals surface area contributed by atoms with Crippen molar-refractivity contribution in [3.8, 4) is 17.6 Å². The van der Waals surface area contributed by atoms with Crippen LogP contribution in [-0.2, 0) is 15.7 Å². The van der Waals surface area contributed by atoms with Crippen molar-refractivity contribution in [1.82, 2.24) is 0 Å². The van der Waals surface area contributed by atoms with Gasteiger partial charge in [0.25, 0.3) is 0 Å². The van der Waals surface area contributed by atoms with Crippen molar-refractivity contribution in [3.05, 3.63) is 29.3 Å². The highest BCUT2D eigenvalue weighted by molar-refractivity contribution is 5.72. The minimum atomic E-state index is -4.51. The average Bonchev–Trinajstić information content (AvgIpc) is 2.30. The Morgan fingerprint density at radius 3 is 2.68 bits per heavy atom. The van der Waals surface area contributed by atoms with E-state index >= 15 is 0 Å². The summed E-state index contributed by atoms with van der Waals surface area (Å²) in [7, 11) is 0. The number of phenolic OH excluding ortho intramolecular Hbond substituents is 1. The highest BCUT2D eigenvalue weighted by Crippen LogP contribution is 2.31. The molecule has 19 heavy (non-hydrogen) atoms. The van der Waals surface area contributed by atoms with Crippen LogP contribution in [0, 0.1) is 11.8 Å². The Hall–Kier alpha value is -2.16. The predicted molar refractivity (Wildman–Crippen MR) is 61.2 cm³/mol. The van der Waals surface area contributed by atoms with E-state index in [2.05, 4.69) is 16.6 Å². The maximum atomic E-state index is 12.4. The molecule has 1 N–H and O–H groups in total. The van der Waals surface area contributed by atoms with Gasteiger partial charge in [0.05, 0.1) is 17.7 Å². The Bertz CT molecular complexity index is 524. The first-order valence-corrected chi connectivity index (χ1v) is 5.39. The number of alkyl halides is 3. The molecule has 1 rings (SSSR count). The van der Waals surface area contributed by atoms with E-state index in [-0.39, 0.29) is 24.3 Å². The second-order valence-electron chi connectivity index (χ2n) is 3.51. The maximum absolute atomic E-state index is 12.4. The van der Waals surface area contributed by atoms with Crippen LogP contribution in [0.3, 0.4) is 0 Å². The summed E-state index contributed by atoms with van der Waals surface area (Å²) in [6, 6.07) is 2.40. The van der Waals surface area contributed by atoms with E-state index < -0.39 is 17.7 Å². The highest BCUT2D eigenvalue weighted by Gasteiger charge is 2.30. The van der Waals surface area contributed by atoms with Crippen LogP contribution in [0.25, 0.3) is 0 Å². The van der Waals surface area contributed by atoms with Crippen LogP contribution in [-0.4, -0.2) is 17.7 Å². The Morgan fingerprint density at radius 1 is 1.42 bits per heavy atom. The lowest BCUT2D eigenvalue weighted by molar-refractivity contribution is -0.142. The van der Waals surface area contributed by atoms with Gasteiger partial charge >= 0.3 is 12.1 Å². The monoisotopic (exact) mass is 272 g/mol. The zero-order valence-electron chi connectivity index (χ0n) is 10.0. The van der Waals surface area contributed by atoms with Crippen molar-refractivity contribution in [2.75, 3.05) is 6.61 Å². The number of aromatic hydroxyl groups is 1. The molecule has 102 valence electrons. The van der Waals surface area contributed by atoms with Crippen LogP contribution < -0.4 is 0 Å². The van der Waals surface area contributed by atoms with Gasteiger partial charge < -0.3 is 9.84 Å². The zero-order chi connectivity index (χ0) is 14.5. The van der Waals surface area contributed by atoms with Gasteiger partial charge in [-0.25, -0.2) is 0 Å². The Morgan fingerprint density at radius 2 is 2.11 bits per heavy atom. The van der Waals surface area contributed by atoms with E-state index in [1.54, 1.807) is 6.92 Å². The SMILES string of the molecule is CCOC(=O)CC#Cc1cc(C(F)(F)F)ccc1O. The minimum Gasteiger partial charge on any atom is -0.507 e. The van der Waals surface area contributed by atoms with Crippen molar-refractivity contribution in [1.29, 1.82) is 0 Å². The van der Waals surface area contributed by atoms with Gasteiger partial charge in [-0.15, -0.1) is 0 Å². The van der Waals surface area contributed by atoms with Gasteiger partial charge in [-0.1, -0.05) is 11.8 Å². The summed E-state index contributed by atoms with van der Waals surface area (Å²) in [6.07, 6.45) is -4.76. The van der Waals surface area contributed by atoms with E-state index in [4.69, 9.17) is 0 Å². The summed E-state index contributed by atoms with van der Waals surface area (Å²) in [6.45, 7) is 1.83. The molecular formula is C13H11F3O3. The molecule has 0 saturated heterocycles. The third-order valence-corrected chi connectivity index (χ3v) is 2.08. The largest absolute Gasteiger partial charge is 0.507 e. The van der Waals surface area contributed by atoms with E-state index in [9.17, 15) is 23.1 Å². The van der Waals surface area contributed by atoms with Crippen LogP contribution in [0.4, 0.5) is 13.2 Å². The van der Waals surface area contributed by atoms with Gasteiger partial charge in [-0.2, -0.15) is 13.2 Å². The first-order chi connectivity index (χ1) is 8.84. The molecule has 0 radical (unpaired) electrons. The third kappa shape index (κ3) is 4.54. The van der Waals surface area contributed by atoms with Crippen molar-refractivity contribution >= 4 is 5.97 Å². The lowest BCUT2D eigenvalue weighted by atomic mass is 10.1. The molecule has 0 aromatic heterocycles. The van der Waals surface area contributed by atoms with Gasteiger partial charge in [0.15, 0.2) is 0 Å². The quantitative estimate of drug-likeness (QED) is 0.665. The summed E-state index contributed by atoms with van der Waals surface area (Å²) >= 11 is 0. The first-order valence-electron chi connectivity index (χ1n) is 5.39. The number of hydrogen-bond acceptors (Lipinski definition) is 3. The molecule has 3 nitrogen and oxygen atoms in total. The first kappa shape index (κ1) is 14.9. The van der Waals surface area contributed by atoms with E-state index in [0.29, 0.717) is 0 Å². The van der Waals surface area contributed by atoms with Crippen LogP contribution in [0.1, 0.15) is 24.5 Å². The number of hydrogen-bond donors (Lipinski definition) is 1.